The summed E-state index contributed by atoms with van der Waals surface area (Å²) in [5, 5.41) is 7.18. The standard InChI is InChI=1S/C19H26N4O4S2/c1-6-27-18(24)16-12(2)22-17(28-16)13(3)23-19(20-4)21-11-14-7-9-15(10-8-14)29(5,25)26/h7-10,13H,6,11H2,1-5H3,(H2,20,21,23). The Morgan fingerprint density at radius 1 is 1.31 bits per heavy atom. The van der Waals surface area contributed by atoms with Gasteiger partial charge in [-0.15, -0.1) is 11.3 Å². The predicted molar refractivity (Wildman–Crippen MR) is 114 cm³/mol. The topological polar surface area (TPSA) is 110 Å². The summed E-state index contributed by atoms with van der Waals surface area (Å²) in [7, 11) is -1.55. The third-order valence-electron chi connectivity index (χ3n) is 4.03. The number of nitrogens with one attached hydrogen (secondary N) is 2. The van der Waals surface area contributed by atoms with Crippen LogP contribution in [0.4, 0.5) is 0 Å². The highest BCUT2D eigenvalue weighted by atomic mass is 32.2. The maximum atomic E-state index is 12.0. The van der Waals surface area contributed by atoms with E-state index in [1.54, 1.807) is 45.2 Å². The number of aromatic nitrogens is 1. The zero-order valence-corrected chi connectivity index (χ0v) is 18.8. The molecule has 1 unspecified atom stereocenters. The first-order valence-corrected chi connectivity index (χ1v) is 11.8. The summed E-state index contributed by atoms with van der Waals surface area (Å²) in [5.74, 6) is 0.205. The molecule has 0 aliphatic rings. The highest BCUT2D eigenvalue weighted by Gasteiger charge is 2.20. The van der Waals surface area contributed by atoms with Crippen molar-refractivity contribution in [3.63, 3.8) is 0 Å². The minimum absolute atomic E-state index is 0.166. The van der Waals surface area contributed by atoms with Crippen LogP contribution in [0, 0.1) is 6.92 Å². The maximum absolute atomic E-state index is 12.0. The number of ether oxygens (including phenoxy) is 1. The van der Waals surface area contributed by atoms with Crippen LogP contribution in [0.1, 0.15) is 45.8 Å². The Bertz CT molecular complexity index is 982. The number of rotatable bonds is 7. The van der Waals surface area contributed by atoms with Gasteiger partial charge < -0.3 is 15.4 Å². The largest absolute Gasteiger partial charge is 0.462 e. The zero-order valence-electron chi connectivity index (χ0n) is 17.1. The number of carbonyl (C=O) groups excluding carboxylic acids is 1. The van der Waals surface area contributed by atoms with Gasteiger partial charge in [0.25, 0.3) is 0 Å². The van der Waals surface area contributed by atoms with Crippen LogP contribution in [0.5, 0.6) is 0 Å². The first kappa shape index (κ1) is 22.8. The normalized spacial score (nSPS) is 13.1. The van der Waals surface area contributed by atoms with E-state index in [0.717, 1.165) is 10.6 Å². The van der Waals surface area contributed by atoms with Gasteiger partial charge in [-0.25, -0.2) is 18.2 Å². The number of sulfone groups is 1. The van der Waals surface area contributed by atoms with Gasteiger partial charge in [0, 0.05) is 19.8 Å². The van der Waals surface area contributed by atoms with Crippen molar-refractivity contribution in [2.75, 3.05) is 19.9 Å². The molecule has 2 rings (SSSR count). The second kappa shape index (κ2) is 9.84. The van der Waals surface area contributed by atoms with Crippen LogP contribution in [0.15, 0.2) is 34.2 Å². The molecule has 158 valence electrons. The first-order chi connectivity index (χ1) is 13.7. The average molecular weight is 439 g/mol. The van der Waals surface area contributed by atoms with Crippen molar-refractivity contribution in [3.05, 3.63) is 45.4 Å². The lowest BCUT2D eigenvalue weighted by molar-refractivity contribution is 0.0531. The fourth-order valence-electron chi connectivity index (χ4n) is 2.49. The number of thiazole rings is 1. The SMILES string of the molecule is CCOC(=O)c1sc(C(C)NC(=NC)NCc2ccc(S(C)(=O)=O)cc2)nc1C. The van der Waals surface area contributed by atoms with Crippen LogP contribution >= 0.6 is 11.3 Å². The van der Waals surface area contributed by atoms with Crippen molar-refractivity contribution in [1.82, 2.24) is 15.6 Å². The summed E-state index contributed by atoms with van der Waals surface area (Å²) < 4.78 is 28.1. The quantitative estimate of drug-likeness (QED) is 0.388. The number of guanidine groups is 1. The molecule has 0 saturated carbocycles. The van der Waals surface area contributed by atoms with Crippen molar-refractivity contribution in [3.8, 4) is 0 Å². The first-order valence-electron chi connectivity index (χ1n) is 9.06. The fourth-order valence-corrected chi connectivity index (χ4v) is 4.08. The zero-order chi connectivity index (χ0) is 21.6. The fraction of sp³-hybridized carbons (Fsp3) is 0.421. The van der Waals surface area contributed by atoms with Gasteiger partial charge in [-0.3, -0.25) is 4.99 Å². The van der Waals surface area contributed by atoms with E-state index in [9.17, 15) is 13.2 Å². The highest BCUT2D eigenvalue weighted by molar-refractivity contribution is 7.90. The van der Waals surface area contributed by atoms with E-state index in [1.807, 2.05) is 6.92 Å². The lowest BCUT2D eigenvalue weighted by atomic mass is 10.2. The second-order valence-electron chi connectivity index (χ2n) is 6.40. The van der Waals surface area contributed by atoms with Gasteiger partial charge in [-0.05, 0) is 38.5 Å². The van der Waals surface area contributed by atoms with Crippen molar-refractivity contribution in [2.45, 2.75) is 38.3 Å². The smallest absolute Gasteiger partial charge is 0.350 e. The molecule has 0 saturated heterocycles. The van der Waals surface area contributed by atoms with Crippen LogP contribution in [0.25, 0.3) is 0 Å². The predicted octanol–water partition coefficient (Wildman–Crippen LogP) is 2.46. The molecular weight excluding hydrogens is 412 g/mol. The summed E-state index contributed by atoms with van der Waals surface area (Å²) in [4.78, 5) is 21.4. The lowest BCUT2D eigenvalue weighted by Gasteiger charge is -2.16. The monoisotopic (exact) mass is 438 g/mol. The lowest BCUT2D eigenvalue weighted by Crippen LogP contribution is -2.38. The van der Waals surface area contributed by atoms with Gasteiger partial charge >= 0.3 is 5.97 Å². The molecule has 1 heterocycles. The summed E-state index contributed by atoms with van der Waals surface area (Å²) in [5.41, 5.74) is 1.56. The van der Waals surface area contributed by atoms with Gasteiger partial charge in [0.1, 0.15) is 9.88 Å². The molecule has 0 aliphatic carbocycles. The van der Waals surface area contributed by atoms with Gasteiger partial charge in [0.15, 0.2) is 15.8 Å². The molecule has 0 amide bonds. The molecule has 2 N–H and O–H groups in total. The maximum Gasteiger partial charge on any atom is 0.350 e. The van der Waals surface area contributed by atoms with Crippen molar-refractivity contribution in [1.29, 1.82) is 0 Å². The van der Waals surface area contributed by atoms with Gasteiger partial charge in [0.05, 0.1) is 23.2 Å². The van der Waals surface area contributed by atoms with Crippen molar-refractivity contribution < 1.29 is 17.9 Å². The number of hydrogen-bond acceptors (Lipinski definition) is 7. The Balaban J connectivity index is 1.99. The Hall–Kier alpha value is -2.46. The molecule has 1 atom stereocenters. The second-order valence-corrected chi connectivity index (χ2v) is 9.44. The van der Waals surface area contributed by atoms with E-state index >= 15 is 0 Å². The van der Waals surface area contributed by atoms with E-state index in [0.29, 0.717) is 29.7 Å². The highest BCUT2D eigenvalue weighted by Crippen LogP contribution is 2.24. The van der Waals surface area contributed by atoms with E-state index in [1.165, 1.54) is 17.6 Å². The van der Waals surface area contributed by atoms with Gasteiger partial charge in [-0.2, -0.15) is 0 Å². The summed E-state index contributed by atoms with van der Waals surface area (Å²) in [6, 6.07) is 6.52. The molecule has 0 fully saturated rings. The minimum atomic E-state index is -3.21. The van der Waals surface area contributed by atoms with Gasteiger partial charge in [-0.1, -0.05) is 12.1 Å². The molecule has 10 heteroatoms. The minimum Gasteiger partial charge on any atom is -0.462 e. The molecule has 0 aliphatic heterocycles. The number of benzene rings is 1. The number of carbonyl (C=O) groups is 1. The van der Waals surface area contributed by atoms with Gasteiger partial charge in [0.2, 0.25) is 0 Å². The molecule has 0 radical (unpaired) electrons. The molecular formula is C19H26N4O4S2. The molecule has 2 aromatic rings. The van der Waals surface area contributed by atoms with E-state index in [2.05, 4.69) is 20.6 Å². The summed E-state index contributed by atoms with van der Waals surface area (Å²) in [6.45, 7) is 6.28. The summed E-state index contributed by atoms with van der Waals surface area (Å²) >= 11 is 1.30. The molecule has 0 bridgehead atoms. The number of aliphatic imine (C=N–C) groups is 1. The third-order valence-corrected chi connectivity index (χ3v) is 6.48. The van der Waals surface area contributed by atoms with Crippen LogP contribution in [-0.4, -0.2) is 45.2 Å². The van der Waals surface area contributed by atoms with Crippen molar-refractivity contribution >= 4 is 33.1 Å². The Morgan fingerprint density at radius 3 is 2.52 bits per heavy atom. The van der Waals surface area contributed by atoms with Crippen LogP contribution in [0.2, 0.25) is 0 Å². The third kappa shape index (κ3) is 6.26. The molecule has 29 heavy (non-hydrogen) atoms. The number of hydrogen-bond donors (Lipinski definition) is 2. The van der Waals surface area contributed by atoms with Crippen LogP contribution in [0.3, 0.4) is 0 Å². The number of nitrogens with zero attached hydrogens (tertiary/aromatic N) is 2. The number of esters is 1. The molecule has 0 spiro atoms. The van der Waals surface area contributed by atoms with Crippen LogP contribution in [-0.2, 0) is 21.1 Å². The van der Waals surface area contributed by atoms with E-state index in [-0.39, 0.29) is 16.9 Å². The molecule has 1 aromatic carbocycles. The average Bonchev–Trinajstić information content (AvgIpc) is 3.06. The molecule has 8 nitrogen and oxygen atoms in total. The Labute approximate surface area is 175 Å². The van der Waals surface area contributed by atoms with E-state index in [4.69, 9.17) is 4.74 Å². The summed E-state index contributed by atoms with van der Waals surface area (Å²) in [6.07, 6.45) is 1.18. The molecule has 1 aromatic heterocycles. The van der Waals surface area contributed by atoms with Crippen LogP contribution < -0.4 is 10.6 Å². The van der Waals surface area contributed by atoms with Crippen molar-refractivity contribution in [2.24, 2.45) is 4.99 Å². The number of aryl methyl sites for hydroxylation is 1. The van der Waals surface area contributed by atoms with E-state index < -0.39 is 9.84 Å². The Morgan fingerprint density at radius 2 is 1.97 bits per heavy atom. The Kier molecular flexibility index (Phi) is 7.74.